The van der Waals surface area contributed by atoms with Gasteiger partial charge >= 0.3 is 5.97 Å². The van der Waals surface area contributed by atoms with E-state index in [1.165, 1.54) is 6.07 Å². The molecule has 2 rings (SSSR count). The van der Waals surface area contributed by atoms with Crippen LogP contribution in [0.4, 0.5) is 0 Å². The summed E-state index contributed by atoms with van der Waals surface area (Å²) < 4.78 is 5.32. The Hall–Kier alpha value is -1.78. The van der Waals surface area contributed by atoms with Crippen molar-refractivity contribution in [2.45, 2.75) is 19.5 Å². The van der Waals surface area contributed by atoms with Gasteiger partial charge < -0.3 is 9.52 Å². The van der Waals surface area contributed by atoms with Crippen molar-refractivity contribution < 1.29 is 14.3 Å². The highest BCUT2D eigenvalue weighted by Crippen LogP contribution is 2.23. The third-order valence-electron chi connectivity index (χ3n) is 3.26. The van der Waals surface area contributed by atoms with Crippen LogP contribution in [0.3, 0.4) is 0 Å². The van der Waals surface area contributed by atoms with E-state index in [-0.39, 0.29) is 11.8 Å². The summed E-state index contributed by atoms with van der Waals surface area (Å²) >= 11 is 5.85. The van der Waals surface area contributed by atoms with Gasteiger partial charge in [-0.3, -0.25) is 4.90 Å². The number of benzene rings is 1. The molecule has 1 N–H and O–H groups in total. The Kier molecular flexibility index (Phi) is 4.47. The van der Waals surface area contributed by atoms with Gasteiger partial charge in [-0.2, -0.15) is 0 Å². The summed E-state index contributed by atoms with van der Waals surface area (Å²) in [5, 5.41) is 9.57. The van der Waals surface area contributed by atoms with Crippen LogP contribution in [0.2, 0.25) is 5.02 Å². The van der Waals surface area contributed by atoms with E-state index in [2.05, 4.69) is 4.90 Å². The van der Waals surface area contributed by atoms with E-state index >= 15 is 0 Å². The Labute approximate surface area is 122 Å². The first-order valence-corrected chi connectivity index (χ1v) is 6.63. The first-order valence-electron chi connectivity index (χ1n) is 6.25. The lowest BCUT2D eigenvalue weighted by Crippen LogP contribution is -2.21. The summed E-state index contributed by atoms with van der Waals surface area (Å²) in [5.41, 5.74) is 1.13. The number of furan rings is 1. The third-order valence-corrected chi connectivity index (χ3v) is 3.51. The molecule has 0 aliphatic heterocycles. The highest BCUT2D eigenvalue weighted by atomic mass is 35.5. The lowest BCUT2D eigenvalue weighted by atomic mass is 10.1. The van der Waals surface area contributed by atoms with Gasteiger partial charge in [0.05, 0.1) is 6.04 Å². The first kappa shape index (κ1) is 14.6. The molecule has 106 valence electrons. The van der Waals surface area contributed by atoms with E-state index in [4.69, 9.17) is 21.1 Å². The fourth-order valence-electron chi connectivity index (χ4n) is 1.92. The van der Waals surface area contributed by atoms with Crippen molar-refractivity contribution in [3.63, 3.8) is 0 Å². The lowest BCUT2D eigenvalue weighted by Gasteiger charge is -2.23. The second-order valence-corrected chi connectivity index (χ2v) is 5.16. The van der Waals surface area contributed by atoms with Gasteiger partial charge in [0.1, 0.15) is 5.76 Å². The van der Waals surface area contributed by atoms with Gasteiger partial charge in [-0.15, -0.1) is 0 Å². The predicted molar refractivity (Wildman–Crippen MR) is 77.0 cm³/mol. The van der Waals surface area contributed by atoms with Gasteiger partial charge in [0.2, 0.25) is 5.76 Å². The van der Waals surface area contributed by atoms with E-state index in [9.17, 15) is 4.79 Å². The number of nitrogens with zero attached hydrogens (tertiary/aromatic N) is 1. The van der Waals surface area contributed by atoms with Gasteiger partial charge in [0.15, 0.2) is 0 Å². The van der Waals surface area contributed by atoms with Crippen LogP contribution in [-0.4, -0.2) is 23.0 Å². The fraction of sp³-hybridized carbons (Fsp3) is 0.267. The van der Waals surface area contributed by atoms with E-state index in [1.54, 1.807) is 6.07 Å². The Balaban J connectivity index is 2.05. The molecule has 4 nitrogen and oxygen atoms in total. The number of carbonyl (C=O) groups is 1. The highest BCUT2D eigenvalue weighted by molar-refractivity contribution is 6.30. The Bertz CT molecular complexity index is 591. The minimum atomic E-state index is -1.05. The van der Waals surface area contributed by atoms with E-state index in [1.807, 2.05) is 38.2 Å². The molecule has 0 bridgehead atoms. The predicted octanol–water partition coefficient (Wildman–Crippen LogP) is 3.82. The van der Waals surface area contributed by atoms with Crippen LogP contribution >= 0.6 is 11.6 Å². The van der Waals surface area contributed by atoms with Gasteiger partial charge in [-0.05, 0) is 43.8 Å². The van der Waals surface area contributed by atoms with Crippen molar-refractivity contribution in [3.05, 3.63) is 58.5 Å². The molecule has 0 aliphatic rings. The van der Waals surface area contributed by atoms with Crippen molar-refractivity contribution in [2.75, 3.05) is 7.05 Å². The van der Waals surface area contributed by atoms with Crippen LogP contribution in [0, 0.1) is 0 Å². The molecule has 0 aliphatic carbocycles. The van der Waals surface area contributed by atoms with Crippen LogP contribution in [-0.2, 0) is 6.54 Å². The summed E-state index contributed by atoms with van der Waals surface area (Å²) in [4.78, 5) is 12.9. The molecule has 1 atom stereocenters. The summed E-state index contributed by atoms with van der Waals surface area (Å²) in [5.74, 6) is -0.450. The molecule has 0 spiro atoms. The van der Waals surface area contributed by atoms with Crippen molar-refractivity contribution in [1.29, 1.82) is 0 Å². The van der Waals surface area contributed by atoms with E-state index < -0.39 is 5.97 Å². The Morgan fingerprint density at radius 2 is 1.95 bits per heavy atom. The third kappa shape index (κ3) is 3.40. The quantitative estimate of drug-likeness (QED) is 0.910. The smallest absolute Gasteiger partial charge is 0.371 e. The average Bonchev–Trinajstić information content (AvgIpc) is 2.90. The monoisotopic (exact) mass is 293 g/mol. The summed E-state index contributed by atoms with van der Waals surface area (Å²) in [6.45, 7) is 2.70. The summed E-state index contributed by atoms with van der Waals surface area (Å²) in [7, 11) is 1.96. The molecule has 1 heterocycles. The van der Waals surface area contributed by atoms with Crippen LogP contribution in [0.1, 0.15) is 34.8 Å². The number of rotatable bonds is 5. The molecular formula is C15H16ClNO3. The van der Waals surface area contributed by atoms with Crippen molar-refractivity contribution in [1.82, 2.24) is 4.90 Å². The topological polar surface area (TPSA) is 53.7 Å². The molecule has 0 saturated heterocycles. The Morgan fingerprint density at radius 1 is 1.30 bits per heavy atom. The fourth-order valence-corrected chi connectivity index (χ4v) is 2.05. The maximum absolute atomic E-state index is 10.8. The molecule has 5 heteroatoms. The second-order valence-electron chi connectivity index (χ2n) is 4.72. The highest BCUT2D eigenvalue weighted by Gasteiger charge is 2.17. The number of carboxylic acids is 1. The van der Waals surface area contributed by atoms with Crippen molar-refractivity contribution >= 4 is 17.6 Å². The average molecular weight is 294 g/mol. The van der Waals surface area contributed by atoms with Crippen LogP contribution in [0.25, 0.3) is 0 Å². The second kappa shape index (κ2) is 6.11. The van der Waals surface area contributed by atoms with E-state index in [0.717, 1.165) is 12.1 Å². The molecular weight excluding hydrogens is 278 g/mol. The van der Waals surface area contributed by atoms with Gasteiger partial charge in [-0.1, -0.05) is 23.7 Å². The molecule has 1 unspecified atom stereocenters. The molecule has 0 radical (unpaired) electrons. The molecule has 0 fully saturated rings. The number of hydrogen-bond donors (Lipinski definition) is 1. The zero-order chi connectivity index (χ0) is 14.7. The molecule has 2 aromatic rings. The number of halogens is 1. The lowest BCUT2D eigenvalue weighted by molar-refractivity contribution is 0.0656. The zero-order valence-corrected chi connectivity index (χ0v) is 12.1. The van der Waals surface area contributed by atoms with Gasteiger partial charge in [0.25, 0.3) is 0 Å². The van der Waals surface area contributed by atoms with Crippen LogP contribution in [0.15, 0.2) is 40.8 Å². The maximum Gasteiger partial charge on any atom is 0.371 e. The largest absolute Gasteiger partial charge is 0.475 e. The molecule has 20 heavy (non-hydrogen) atoms. The summed E-state index contributed by atoms with van der Waals surface area (Å²) in [6, 6.07) is 10.8. The van der Waals surface area contributed by atoms with Gasteiger partial charge in [0, 0.05) is 11.6 Å². The molecule has 1 aromatic carbocycles. The SMILES string of the molecule is CC(c1ccc(C(=O)O)o1)N(C)Cc1ccc(Cl)cc1. The van der Waals surface area contributed by atoms with Crippen LogP contribution < -0.4 is 0 Å². The minimum Gasteiger partial charge on any atom is -0.475 e. The zero-order valence-electron chi connectivity index (χ0n) is 11.3. The standard InChI is InChI=1S/C15H16ClNO3/c1-10(13-7-8-14(20-13)15(18)19)17(2)9-11-3-5-12(16)6-4-11/h3-8,10H,9H2,1-2H3,(H,18,19). The van der Waals surface area contributed by atoms with Gasteiger partial charge in [-0.25, -0.2) is 4.79 Å². The van der Waals surface area contributed by atoms with Crippen LogP contribution in [0.5, 0.6) is 0 Å². The number of carboxylic acid groups (broad SMARTS) is 1. The Morgan fingerprint density at radius 3 is 2.50 bits per heavy atom. The van der Waals surface area contributed by atoms with Crippen molar-refractivity contribution in [3.8, 4) is 0 Å². The summed E-state index contributed by atoms with van der Waals surface area (Å²) in [6.07, 6.45) is 0. The first-order chi connectivity index (χ1) is 9.47. The minimum absolute atomic E-state index is 0.0150. The number of aromatic carboxylic acids is 1. The van der Waals surface area contributed by atoms with Crippen molar-refractivity contribution in [2.24, 2.45) is 0 Å². The normalized spacial score (nSPS) is 12.6. The molecule has 0 saturated carbocycles. The van der Waals surface area contributed by atoms with E-state index in [0.29, 0.717) is 10.8 Å². The number of hydrogen-bond acceptors (Lipinski definition) is 3. The molecule has 0 amide bonds. The maximum atomic E-state index is 10.8. The molecule has 1 aromatic heterocycles.